The van der Waals surface area contributed by atoms with Gasteiger partial charge in [0.25, 0.3) is 0 Å². The molecule has 0 bridgehead atoms. The summed E-state index contributed by atoms with van der Waals surface area (Å²) < 4.78 is 0.858. The number of halogens is 2. The van der Waals surface area contributed by atoms with Crippen LogP contribution in [-0.2, 0) is 0 Å². The molecule has 0 saturated carbocycles. The fraction of sp³-hybridized carbons (Fsp3) is 0.333. The van der Waals surface area contributed by atoms with Crippen LogP contribution in [0.5, 0.6) is 0 Å². The third kappa shape index (κ3) is 3.51. The number of aryl methyl sites for hydroxylation is 2. The molecule has 0 fully saturated rings. The largest absolute Gasteiger partial charge is 0.306 e. The van der Waals surface area contributed by atoms with Crippen molar-refractivity contribution in [1.29, 1.82) is 0 Å². The Hall–Kier alpha value is -0.540. The smallest absolute Gasteiger partial charge is 0.0961 e. The van der Waals surface area contributed by atoms with Crippen molar-refractivity contribution >= 4 is 34.5 Å². The van der Waals surface area contributed by atoms with Crippen molar-refractivity contribution in [2.45, 2.75) is 26.8 Å². The van der Waals surface area contributed by atoms with Gasteiger partial charge in [-0.25, -0.2) is 0 Å². The molecular weight excluding hydrogens is 297 g/mol. The molecule has 0 radical (unpaired) electrons. The second kappa shape index (κ2) is 6.27. The Morgan fingerprint density at radius 2 is 1.89 bits per heavy atom. The van der Waals surface area contributed by atoms with Gasteiger partial charge in [0.15, 0.2) is 0 Å². The second-order valence-electron chi connectivity index (χ2n) is 4.66. The Kier molecular flexibility index (Phi) is 4.91. The molecule has 2 rings (SSSR count). The van der Waals surface area contributed by atoms with E-state index in [-0.39, 0.29) is 6.04 Å². The summed E-state index contributed by atoms with van der Waals surface area (Å²) in [7, 11) is 0. The maximum Gasteiger partial charge on any atom is 0.0961 e. The second-order valence-corrected chi connectivity index (χ2v) is 6.78. The van der Waals surface area contributed by atoms with Crippen LogP contribution >= 0.6 is 34.5 Å². The third-order valence-corrected chi connectivity index (χ3v) is 4.81. The lowest BCUT2D eigenvalue weighted by molar-refractivity contribution is 0.639. The maximum absolute atomic E-state index is 6.19. The summed E-state index contributed by atoms with van der Waals surface area (Å²) in [6.45, 7) is 7.09. The van der Waals surface area contributed by atoms with Crippen molar-refractivity contribution in [3.8, 4) is 0 Å². The van der Waals surface area contributed by atoms with Gasteiger partial charge in [0.2, 0.25) is 0 Å². The molecule has 2 aromatic rings. The van der Waals surface area contributed by atoms with E-state index in [1.165, 1.54) is 16.0 Å². The molecule has 0 amide bonds. The number of nitrogens with one attached hydrogen (secondary N) is 1. The molecule has 19 heavy (non-hydrogen) atoms. The van der Waals surface area contributed by atoms with Gasteiger partial charge in [-0.1, -0.05) is 36.2 Å². The maximum atomic E-state index is 6.19. The minimum Gasteiger partial charge on any atom is -0.306 e. The highest BCUT2D eigenvalue weighted by Crippen LogP contribution is 2.35. The van der Waals surface area contributed by atoms with Gasteiger partial charge in [0.05, 0.1) is 10.4 Å². The molecule has 0 aliphatic heterocycles. The van der Waals surface area contributed by atoms with Crippen LogP contribution in [0.2, 0.25) is 9.36 Å². The fourth-order valence-electron chi connectivity index (χ4n) is 2.14. The van der Waals surface area contributed by atoms with Gasteiger partial charge in [-0.15, -0.1) is 11.3 Å². The van der Waals surface area contributed by atoms with Crippen molar-refractivity contribution in [2.75, 3.05) is 6.54 Å². The van der Waals surface area contributed by atoms with E-state index >= 15 is 0 Å². The number of hydrogen-bond acceptors (Lipinski definition) is 2. The predicted molar refractivity (Wildman–Crippen MR) is 85.8 cm³/mol. The number of rotatable bonds is 4. The minimum atomic E-state index is 0.151. The molecule has 1 unspecified atom stereocenters. The standard InChI is InChI=1S/C15H17Cl2NS/c1-4-18-14(13-7-10(3)15(17)19-13)11-5-9(2)6-12(16)8-11/h5-8,14,18H,4H2,1-3H3. The zero-order valence-electron chi connectivity index (χ0n) is 11.3. The van der Waals surface area contributed by atoms with Crippen LogP contribution in [0.4, 0.5) is 0 Å². The van der Waals surface area contributed by atoms with Crippen molar-refractivity contribution < 1.29 is 0 Å². The zero-order valence-corrected chi connectivity index (χ0v) is 13.6. The average Bonchev–Trinajstić information content (AvgIpc) is 2.65. The molecule has 1 N–H and O–H groups in total. The monoisotopic (exact) mass is 313 g/mol. The lowest BCUT2D eigenvalue weighted by Gasteiger charge is -2.18. The predicted octanol–water partition coefficient (Wildman–Crippen LogP) is 5.37. The van der Waals surface area contributed by atoms with Gasteiger partial charge in [0.1, 0.15) is 0 Å². The molecule has 0 saturated heterocycles. The topological polar surface area (TPSA) is 12.0 Å². The first-order chi connectivity index (χ1) is 9.01. The van der Waals surface area contributed by atoms with E-state index in [4.69, 9.17) is 23.2 Å². The number of benzene rings is 1. The molecule has 102 valence electrons. The Morgan fingerprint density at radius 1 is 1.16 bits per heavy atom. The Bertz CT molecular complexity index is 538. The molecule has 0 spiro atoms. The highest BCUT2D eigenvalue weighted by molar-refractivity contribution is 7.16. The van der Waals surface area contributed by atoms with Crippen molar-refractivity contribution in [3.05, 3.63) is 55.2 Å². The summed E-state index contributed by atoms with van der Waals surface area (Å²) in [4.78, 5) is 1.23. The Labute approximate surface area is 128 Å². The Balaban J connectivity index is 2.44. The third-order valence-electron chi connectivity index (χ3n) is 2.97. The molecular formula is C15H17Cl2NS. The van der Waals surface area contributed by atoms with Crippen LogP contribution in [0.25, 0.3) is 0 Å². The first kappa shape index (κ1) is 14.9. The van der Waals surface area contributed by atoms with Gasteiger partial charge in [-0.05, 0) is 55.3 Å². The van der Waals surface area contributed by atoms with Gasteiger partial charge in [-0.3, -0.25) is 0 Å². The molecule has 1 nitrogen and oxygen atoms in total. The molecule has 1 aromatic heterocycles. The summed E-state index contributed by atoms with van der Waals surface area (Å²) in [5.41, 5.74) is 3.48. The summed E-state index contributed by atoms with van der Waals surface area (Å²) in [6, 6.07) is 8.46. The first-order valence-corrected chi connectivity index (χ1v) is 7.84. The highest BCUT2D eigenvalue weighted by Gasteiger charge is 2.17. The molecule has 0 aliphatic rings. The SMILES string of the molecule is CCNC(c1cc(C)cc(Cl)c1)c1cc(C)c(Cl)s1. The van der Waals surface area contributed by atoms with Crippen LogP contribution in [0, 0.1) is 13.8 Å². The molecule has 1 aromatic carbocycles. The molecule has 0 aliphatic carbocycles. The fourth-order valence-corrected chi connectivity index (χ4v) is 3.76. The zero-order chi connectivity index (χ0) is 14.0. The quantitative estimate of drug-likeness (QED) is 0.800. The average molecular weight is 314 g/mol. The summed E-state index contributed by atoms with van der Waals surface area (Å²) in [5.74, 6) is 0. The molecule has 1 atom stereocenters. The number of hydrogen-bond donors (Lipinski definition) is 1. The first-order valence-electron chi connectivity index (χ1n) is 6.27. The molecule has 1 heterocycles. The van der Waals surface area contributed by atoms with Crippen LogP contribution in [0.1, 0.15) is 34.5 Å². The van der Waals surface area contributed by atoms with Crippen LogP contribution in [0.3, 0.4) is 0 Å². The lowest BCUT2D eigenvalue weighted by Crippen LogP contribution is -2.21. The van der Waals surface area contributed by atoms with E-state index in [1.807, 2.05) is 19.1 Å². The molecule has 4 heteroatoms. The van der Waals surface area contributed by atoms with Gasteiger partial charge in [0, 0.05) is 9.90 Å². The van der Waals surface area contributed by atoms with E-state index in [1.54, 1.807) is 11.3 Å². The van der Waals surface area contributed by atoms with E-state index in [9.17, 15) is 0 Å². The van der Waals surface area contributed by atoms with Crippen molar-refractivity contribution in [3.63, 3.8) is 0 Å². The highest BCUT2D eigenvalue weighted by atomic mass is 35.5. The van der Waals surface area contributed by atoms with Crippen molar-refractivity contribution in [1.82, 2.24) is 5.32 Å². The van der Waals surface area contributed by atoms with E-state index in [2.05, 4.69) is 31.3 Å². The van der Waals surface area contributed by atoms with Crippen LogP contribution < -0.4 is 5.32 Å². The number of thiophene rings is 1. The summed E-state index contributed by atoms with van der Waals surface area (Å²) >= 11 is 14.0. The van der Waals surface area contributed by atoms with E-state index in [0.29, 0.717) is 0 Å². The van der Waals surface area contributed by atoms with Gasteiger partial charge in [-0.2, -0.15) is 0 Å². The van der Waals surface area contributed by atoms with Crippen molar-refractivity contribution in [2.24, 2.45) is 0 Å². The van der Waals surface area contributed by atoms with E-state index < -0.39 is 0 Å². The van der Waals surface area contributed by atoms with Gasteiger partial charge < -0.3 is 5.32 Å². The summed E-state index contributed by atoms with van der Waals surface area (Å²) in [6.07, 6.45) is 0. The Morgan fingerprint density at radius 3 is 2.42 bits per heavy atom. The van der Waals surface area contributed by atoms with Gasteiger partial charge >= 0.3 is 0 Å². The van der Waals surface area contributed by atoms with Crippen LogP contribution in [0.15, 0.2) is 24.3 Å². The minimum absolute atomic E-state index is 0.151. The van der Waals surface area contributed by atoms with E-state index in [0.717, 1.165) is 21.5 Å². The normalized spacial score (nSPS) is 12.7. The van der Waals surface area contributed by atoms with Crippen LogP contribution in [-0.4, -0.2) is 6.54 Å². The summed E-state index contributed by atoms with van der Waals surface area (Å²) in [5, 5.41) is 4.28. The lowest BCUT2D eigenvalue weighted by atomic mass is 10.0.